The van der Waals surface area contributed by atoms with Gasteiger partial charge in [-0.15, -0.1) is 0 Å². The molecular formula is C12H13BrN2O. The molecule has 0 unspecified atom stereocenters. The lowest BCUT2D eigenvalue weighted by Gasteiger charge is -2.24. The minimum atomic E-state index is 0.617. The molecule has 16 heavy (non-hydrogen) atoms. The number of nitrogens with zero attached hydrogens (tertiary/aromatic N) is 2. The van der Waals surface area contributed by atoms with Gasteiger partial charge in [0, 0.05) is 5.92 Å². The van der Waals surface area contributed by atoms with Gasteiger partial charge in [0.15, 0.2) is 0 Å². The minimum absolute atomic E-state index is 0.617. The predicted octanol–water partition coefficient (Wildman–Crippen LogP) is 3.37. The number of methoxy groups -OCH3 is 1. The summed E-state index contributed by atoms with van der Waals surface area (Å²) in [6.45, 7) is 0. The van der Waals surface area contributed by atoms with Crippen molar-refractivity contribution in [2.75, 3.05) is 7.11 Å². The zero-order valence-electron chi connectivity index (χ0n) is 9.11. The zero-order valence-corrected chi connectivity index (χ0v) is 10.7. The lowest BCUT2D eigenvalue weighted by atomic mass is 9.85. The molecule has 0 bridgehead atoms. The van der Waals surface area contributed by atoms with E-state index in [4.69, 9.17) is 4.74 Å². The van der Waals surface area contributed by atoms with Gasteiger partial charge in [-0.05, 0) is 40.9 Å². The van der Waals surface area contributed by atoms with Gasteiger partial charge < -0.3 is 4.74 Å². The van der Waals surface area contributed by atoms with Crippen molar-refractivity contribution in [1.29, 1.82) is 0 Å². The third-order valence-corrected chi connectivity index (χ3v) is 3.88. The van der Waals surface area contributed by atoms with Crippen LogP contribution in [0.4, 0.5) is 0 Å². The number of hydrogen-bond acceptors (Lipinski definition) is 2. The number of fused-ring (bicyclic) bond motifs is 1. The average Bonchev–Trinajstić information content (AvgIpc) is 2.54. The predicted molar refractivity (Wildman–Crippen MR) is 66.0 cm³/mol. The summed E-state index contributed by atoms with van der Waals surface area (Å²) < 4.78 is 8.33. The largest absolute Gasteiger partial charge is 0.495 e. The van der Waals surface area contributed by atoms with Crippen LogP contribution in [0.25, 0.3) is 5.52 Å². The second kappa shape index (κ2) is 3.77. The second-order valence-corrected chi connectivity index (χ2v) is 4.96. The molecule has 84 valence electrons. The van der Waals surface area contributed by atoms with Crippen LogP contribution in [-0.4, -0.2) is 16.5 Å². The van der Waals surface area contributed by atoms with Crippen LogP contribution in [0.2, 0.25) is 0 Å². The first-order valence-corrected chi connectivity index (χ1v) is 6.30. The van der Waals surface area contributed by atoms with E-state index in [0.29, 0.717) is 5.92 Å². The first-order chi connectivity index (χ1) is 7.79. The molecule has 0 spiro atoms. The van der Waals surface area contributed by atoms with E-state index in [0.717, 1.165) is 21.7 Å². The van der Waals surface area contributed by atoms with Crippen LogP contribution >= 0.6 is 15.9 Å². The summed E-state index contributed by atoms with van der Waals surface area (Å²) in [5, 5.41) is 0. The van der Waals surface area contributed by atoms with E-state index in [1.165, 1.54) is 19.3 Å². The van der Waals surface area contributed by atoms with Crippen molar-refractivity contribution in [1.82, 2.24) is 9.38 Å². The summed E-state index contributed by atoms with van der Waals surface area (Å²) in [5.74, 6) is 2.65. The minimum Gasteiger partial charge on any atom is -0.495 e. The summed E-state index contributed by atoms with van der Waals surface area (Å²) in [4.78, 5) is 4.61. The van der Waals surface area contributed by atoms with Crippen molar-refractivity contribution in [3.05, 3.63) is 28.8 Å². The first kappa shape index (κ1) is 10.1. The smallest absolute Gasteiger partial charge is 0.135 e. The van der Waals surface area contributed by atoms with Crippen LogP contribution in [-0.2, 0) is 0 Å². The number of hydrogen-bond donors (Lipinski definition) is 0. The van der Waals surface area contributed by atoms with E-state index in [2.05, 4.69) is 25.3 Å². The number of ether oxygens (including phenoxy) is 1. The molecule has 3 rings (SSSR count). The fourth-order valence-electron chi connectivity index (χ4n) is 2.13. The highest BCUT2D eigenvalue weighted by molar-refractivity contribution is 9.10. The molecule has 4 heteroatoms. The van der Waals surface area contributed by atoms with Crippen molar-refractivity contribution < 1.29 is 4.74 Å². The van der Waals surface area contributed by atoms with Crippen molar-refractivity contribution in [3.8, 4) is 5.75 Å². The van der Waals surface area contributed by atoms with Gasteiger partial charge in [-0.25, -0.2) is 4.98 Å². The molecule has 3 nitrogen and oxygen atoms in total. The highest BCUT2D eigenvalue weighted by Crippen LogP contribution is 2.37. The summed E-state index contributed by atoms with van der Waals surface area (Å²) in [6, 6.07) is 4.00. The Bertz CT molecular complexity index is 531. The molecule has 2 aromatic heterocycles. The van der Waals surface area contributed by atoms with Crippen molar-refractivity contribution in [2.45, 2.75) is 25.2 Å². The number of imidazole rings is 1. The van der Waals surface area contributed by atoms with Crippen LogP contribution in [0.5, 0.6) is 5.75 Å². The Hall–Kier alpha value is -1.03. The Morgan fingerprint density at radius 1 is 1.44 bits per heavy atom. The number of rotatable bonds is 2. The molecule has 0 N–H and O–H groups in total. The highest BCUT2D eigenvalue weighted by Gasteiger charge is 2.25. The molecule has 2 heterocycles. The van der Waals surface area contributed by atoms with Gasteiger partial charge in [0.1, 0.15) is 16.2 Å². The molecule has 1 saturated carbocycles. The topological polar surface area (TPSA) is 26.5 Å². The average molecular weight is 281 g/mol. The van der Waals surface area contributed by atoms with Gasteiger partial charge in [-0.1, -0.05) is 6.42 Å². The van der Waals surface area contributed by atoms with Crippen LogP contribution in [0.3, 0.4) is 0 Å². The molecule has 0 saturated heterocycles. The van der Waals surface area contributed by atoms with E-state index >= 15 is 0 Å². The summed E-state index contributed by atoms with van der Waals surface area (Å²) in [5.41, 5.74) is 1.11. The molecule has 0 atom stereocenters. The van der Waals surface area contributed by atoms with Gasteiger partial charge in [-0.3, -0.25) is 4.40 Å². The van der Waals surface area contributed by atoms with Gasteiger partial charge in [0.05, 0.1) is 18.8 Å². The Morgan fingerprint density at radius 3 is 2.88 bits per heavy atom. The van der Waals surface area contributed by atoms with Crippen molar-refractivity contribution in [2.24, 2.45) is 0 Å². The number of aromatic nitrogens is 2. The Labute approximate surface area is 103 Å². The monoisotopic (exact) mass is 280 g/mol. The van der Waals surface area contributed by atoms with Crippen LogP contribution < -0.4 is 4.74 Å². The molecule has 2 aromatic rings. The van der Waals surface area contributed by atoms with E-state index < -0.39 is 0 Å². The molecule has 0 aromatic carbocycles. The molecule has 1 fully saturated rings. The molecule has 0 aliphatic heterocycles. The van der Waals surface area contributed by atoms with Gasteiger partial charge in [0.2, 0.25) is 0 Å². The fraction of sp³-hybridized carbons (Fsp3) is 0.417. The first-order valence-electron chi connectivity index (χ1n) is 5.51. The van der Waals surface area contributed by atoms with Gasteiger partial charge in [0.25, 0.3) is 0 Å². The second-order valence-electron chi connectivity index (χ2n) is 4.21. The SMILES string of the molecule is COc1ccc2c(Br)nc(C3CCC3)n2c1. The molecule has 0 amide bonds. The molecule has 1 aliphatic rings. The molecule has 0 radical (unpaired) electrons. The number of halogens is 1. The van der Waals surface area contributed by atoms with E-state index in [1.54, 1.807) is 7.11 Å². The van der Waals surface area contributed by atoms with Crippen LogP contribution in [0.1, 0.15) is 31.0 Å². The van der Waals surface area contributed by atoms with Crippen molar-refractivity contribution in [3.63, 3.8) is 0 Å². The quantitative estimate of drug-likeness (QED) is 0.843. The molecular weight excluding hydrogens is 268 g/mol. The zero-order chi connectivity index (χ0) is 11.1. The van der Waals surface area contributed by atoms with Crippen LogP contribution in [0, 0.1) is 0 Å². The summed E-state index contributed by atoms with van der Waals surface area (Å²) >= 11 is 3.51. The maximum absolute atomic E-state index is 5.25. The lowest BCUT2D eigenvalue weighted by Crippen LogP contribution is -2.12. The number of pyridine rings is 1. The summed E-state index contributed by atoms with van der Waals surface area (Å²) in [7, 11) is 1.69. The van der Waals surface area contributed by atoms with Crippen molar-refractivity contribution >= 4 is 21.4 Å². The molecule has 1 aliphatic carbocycles. The normalized spacial score (nSPS) is 16.4. The van der Waals surface area contributed by atoms with Gasteiger partial charge in [-0.2, -0.15) is 0 Å². The van der Waals surface area contributed by atoms with Gasteiger partial charge >= 0.3 is 0 Å². The van der Waals surface area contributed by atoms with E-state index in [9.17, 15) is 0 Å². The Kier molecular flexibility index (Phi) is 2.39. The lowest BCUT2D eigenvalue weighted by molar-refractivity contribution is 0.395. The third kappa shape index (κ3) is 1.44. The van der Waals surface area contributed by atoms with E-state index in [1.807, 2.05) is 18.3 Å². The van der Waals surface area contributed by atoms with E-state index in [-0.39, 0.29) is 0 Å². The third-order valence-electron chi connectivity index (χ3n) is 3.30. The highest BCUT2D eigenvalue weighted by atomic mass is 79.9. The maximum atomic E-state index is 5.25. The fourth-order valence-corrected chi connectivity index (χ4v) is 2.63. The standard InChI is InChI=1S/C12H13BrN2O/c1-16-9-5-6-10-11(13)14-12(15(10)7-9)8-3-2-4-8/h5-8H,2-4H2,1H3. The van der Waals surface area contributed by atoms with Crippen LogP contribution in [0.15, 0.2) is 22.9 Å². The Morgan fingerprint density at radius 2 is 2.25 bits per heavy atom. The maximum Gasteiger partial charge on any atom is 0.135 e. The Balaban J connectivity index is 2.19. The summed E-state index contributed by atoms with van der Waals surface area (Å²) in [6.07, 6.45) is 5.84.